The molecule has 0 aliphatic heterocycles. The van der Waals surface area contributed by atoms with Gasteiger partial charge in [0, 0.05) is 74.7 Å². The van der Waals surface area contributed by atoms with Crippen molar-refractivity contribution in [2.24, 2.45) is 35.3 Å². The quantitative estimate of drug-likeness (QED) is 0.0114. The lowest BCUT2D eigenvalue weighted by atomic mass is 10.0. The molecular formula is C100H119Br4FN12O10S. The number of anilines is 4. The van der Waals surface area contributed by atoms with Crippen molar-refractivity contribution in [3.63, 3.8) is 0 Å². The van der Waals surface area contributed by atoms with Gasteiger partial charge in [0.1, 0.15) is 17.3 Å². The van der Waals surface area contributed by atoms with E-state index in [0.29, 0.717) is 55.5 Å². The maximum atomic E-state index is 12.6. The number of aryl methyl sites for hydroxylation is 3. The predicted molar refractivity (Wildman–Crippen MR) is 537 cm³/mol. The van der Waals surface area contributed by atoms with Crippen LogP contribution >= 0.6 is 63.7 Å². The normalized spacial score (nSPS) is 10.6. The van der Waals surface area contributed by atoms with Crippen molar-refractivity contribution in [3.8, 4) is 0 Å². The van der Waals surface area contributed by atoms with Gasteiger partial charge >= 0.3 is 17.6 Å². The van der Waals surface area contributed by atoms with Gasteiger partial charge in [-0.3, -0.25) is 35.2 Å². The van der Waals surface area contributed by atoms with Gasteiger partial charge in [0.15, 0.2) is 9.84 Å². The summed E-state index contributed by atoms with van der Waals surface area (Å²) < 4.78 is 43.4. The van der Waals surface area contributed by atoms with Crippen molar-refractivity contribution in [1.29, 1.82) is 5.41 Å². The van der Waals surface area contributed by atoms with E-state index in [-0.39, 0.29) is 34.1 Å². The number of carboxylic acids is 2. The summed E-state index contributed by atoms with van der Waals surface area (Å²) >= 11 is 13.1. The van der Waals surface area contributed by atoms with Gasteiger partial charge in [-0.1, -0.05) is 302 Å². The Kier molecular flexibility index (Phi) is 45.9. The van der Waals surface area contributed by atoms with E-state index >= 15 is 0 Å². The number of halogens is 5. The summed E-state index contributed by atoms with van der Waals surface area (Å²) in [5, 5.41) is 52.2. The highest BCUT2D eigenvalue weighted by Gasteiger charge is 2.19. The molecule has 22 nitrogen and oxygen atoms in total. The van der Waals surface area contributed by atoms with Crippen LogP contribution in [0.5, 0.6) is 0 Å². The number of nitrogens with zero attached hydrogens (tertiary/aromatic N) is 6. The molecule has 0 amide bonds. The van der Waals surface area contributed by atoms with E-state index in [2.05, 4.69) is 239 Å². The van der Waals surface area contributed by atoms with Crippen LogP contribution in [0.2, 0.25) is 0 Å². The Morgan fingerprint density at radius 1 is 0.477 bits per heavy atom. The smallest absolute Gasteiger partial charge is 0.307 e. The molecular weight excluding hydrogens is 1900 g/mol. The fourth-order valence-corrected chi connectivity index (χ4v) is 14.0. The van der Waals surface area contributed by atoms with Crippen LogP contribution in [-0.4, -0.2) is 90.6 Å². The summed E-state index contributed by atoms with van der Waals surface area (Å²) in [6.45, 7) is 33.8. The Hall–Kier alpha value is -11.3. The number of imidazole rings is 2. The number of aromatic nitrogens is 4. The van der Waals surface area contributed by atoms with Crippen molar-refractivity contribution in [2.75, 3.05) is 47.5 Å². The number of nitrogens with one attached hydrogen (secondary N) is 3. The fourth-order valence-electron chi connectivity index (χ4n) is 11.7. The van der Waals surface area contributed by atoms with E-state index < -0.39 is 38.2 Å². The molecule has 0 atom stereocenters. The zero-order valence-electron chi connectivity index (χ0n) is 75.0. The maximum absolute atomic E-state index is 12.6. The first-order chi connectivity index (χ1) is 60.5. The molecule has 0 saturated heterocycles. The van der Waals surface area contributed by atoms with E-state index in [4.69, 9.17) is 42.8 Å². The molecule has 0 spiro atoms. The molecule has 0 bridgehead atoms. The summed E-state index contributed by atoms with van der Waals surface area (Å²) in [6.07, 6.45) is 1.74. The number of carboxylic acid groups (broad SMARTS) is 2. The fraction of sp³-hybridized carbons (Fsp3) is 0.290. The molecule has 0 aliphatic carbocycles. The molecule has 0 aliphatic rings. The molecule has 13 aromatic rings. The van der Waals surface area contributed by atoms with Crippen LogP contribution in [0, 0.1) is 81.8 Å². The van der Waals surface area contributed by atoms with Gasteiger partial charge in [0.2, 0.25) is 5.82 Å². The first-order valence-corrected chi connectivity index (χ1v) is 46.6. The number of nitrogens with two attached hydrogens (primary N) is 3. The van der Waals surface area contributed by atoms with Crippen molar-refractivity contribution >= 4 is 147 Å². The molecule has 680 valence electrons. The Morgan fingerprint density at radius 3 is 1.22 bits per heavy atom. The second-order valence-corrected chi connectivity index (χ2v) is 38.2. The van der Waals surface area contributed by atoms with Gasteiger partial charge in [0.25, 0.3) is 5.69 Å². The second kappa shape index (κ2) is 54.8. The third-order valence-electron chi connectivity index (χ3n) is 18.5. The lowest BCUT2D eigenvalue weighted by Crippen LogP contribution is -2.09. The minimum absolute atomic E-state index is 0.0469. The number of nitro groups is 2. The molecule has 28 heteroatoms. The van der Waals surface area contributed by atoms with Crippen LogP contribution in [0.15, 0.2) is 272 Å². The van der Waals surface area contributed by atoms with E-state index in [1.165, 1.54) is 69.7 Å². The molecule has 128 heavy (non-hydrogen) atoms. The van der Waals surface area contributed by atoms with E-state index in [0.717, 1.165) is 129 Å². The van der Waals surface area contributed by atoms with Crippen molar-refractivity contribution in [3.05, 3.63) is 354 Å². The summed E-state index contributed by atoms with van der Waals surface area (Å²) in [7, 11) is -3.19. The van der Waals surface area contributed by atoms with Crippen LogP contribution in [-0.2, 0) is 58.2 Å². The highest BCUT2D eigenvalue weighted by atomic mass is 79.9. The molecule has 0 fully saturated rings. The molecule has 0 radical (unpaired) electrons. The zero-order valence-corrected chi connectivity index (χ0v) is 82.2. The number of hydrogen-bond donors (Lipinski definition) is 8. The summed E-state index contributed by atoms with van der Waals surface area (Å²) in [5.74, 6) is 2.68. The van der Waals surface area contributed by atoms with E-state index in [1.807, 2.05) is 122 Å². The maximum Gasteiger partial charge on any atom is 0.307 e. The minimum atomic E-state index is -3.19. The van der Waals surface area contributed by atoms with Gasteiger partial charge in [-0.2, -0.15) is 4.39 Å². The van der Waals surface area contributed by atoms with Crippen LogP contribution in [0.25, 0.3) is 22.1 Å². The lowest BCUT2D eigenvalue weighted by Gasteiger charge is -2.12. The minimum Gasteiger partial charge on any atom is -0.481 e. The Bertz CT molecular complexity index is 5610. The van der Waals surface area contributed by atoms with Crippen molar-refractivity contribution in [2.45, 2.75) is 141 Å². The number of aliphatic carboxylic acids is 2. The number of benzene rings is 11. The number of fused-ring (bicyclic) bond motifs is 2. The molecule has 0 saturated carbocycles. The highest BCUT2D eigenvalue weighted by Crippen LogP contribution is 2.30. The molecule has 2 aromatic heterocycles. The Balaban J connectivity index is 0.000000260. The first-order valence-electron chi connectivity index (χ1n) is 41.8. The zero-order chi connectivity index (χ0) is 94.9. The average Bonchev–Trinajstić information content (AvgIpc) is 1.65. The Labute approximate surface area is 786 Å². The van der Waals surface area contributed by atoms with Gasteiger partial charge in [-0.25, -0.2) is 18.4 Å². The van der Waals surface area contributed by atoms with Gasteiger partial charge in [-0.05, 0) is 181 Å². The number of sulfone groups is 1. The number of hydrogen-bond acceptors (Lipinski definition) is 16. The first kappa shape index (κ1) is 107. The van der Waals surface area contributed by atoms with Crippen LogP contribution < -0.4 is 27.8 Å². The molecule has 11 aromatic carbocycles. The summed E-state index contributed by atoms with van der Waals surface area (Å²) in [4.78, 5) is 50.3. The topological polar surface area (TPSA) is 357 Å². The van der Waals surface area contributed by atoms with Gasteiger partial charge in [0.05, 0.1) is 72.5 Å². The molecule has 2 heterocycles. The third-order valence-corrected chi connectivity index (χ3v) is 22.2. The summed E-state index contributed by atoms with van der Waals surface area (Å²) in [6, 6.07) is 77.2. The molecule has 13 rings (SSSR count). The van der Waals surface area contributed by atoms with E-state index in [9.17, 15) is 42.6 Å². The van der Waals surface area contributed by atoms with Crippen molar-refractivity contribution < 1.29 is 42.5 Å². The number of nitrogen functional groups attached to an aromatic ring is 2. The second-order valence-electron chi connectivity index (χ2n) is 32.2. The van der Waals surface area contributed by atoms with Crippen molar-refractivity contribution in [1.82, 2.24) is 19.1 Å². The summed E-state index contributed by atoms with van der Waals surface area (Å²) in [5.41, 5.74) is 34.3. The van der Waals surface area contributed by atoms with Crippen LogP contribution in [0.1, 0.15) is 138 Å². The number of carbonyl (C=O) groups is 2. The van der Waals surface area contributed by atoms with Crippen LogP contribution in [0.3, 0.4) is 0 Å². The highest BCUT2D eigenvalue weighted by molar-refractivity contribution is 9.11. The molecule has 11 N–H and O–H groups in total. The van der Waals surface area contributed by atoms with Gasteiger partial charge < -0.3 is 47.2 Å². The van der Waals surface area contributed by atoms with Gasteiger partial charge in [-0.15, -0.1) is 0 Å². The number of rotatable bonds is 25. The SMILES string of the molecule is CC(C)CN.CC(C)CNc1ccc(Br)cc1N.CC(C)CNc1ccc(Br)cc1[N+](=O)[O-].CCS(=O)(=O)c1ccc(CC(=O)O)cc1.Cc1ccc(CC(=O)O)cc1.Cc1ccc(Cc2nc3cc(Br)ccc3n2CC(C)C)cc1.Cc1ccc(Cc2nc3cc(N)ccc3n2CC(C)C)cc1.N=C(c1ccccc1)c1ccccc1.O=[N+]([O-])c1cc(Br)ccc1F. The third kappa shape index (κ3) is 39.1. The lowest BCUT2D eigenvalue weighted by molar-refractivity contribution is -0.387. The monoisotopic (exact) mass is 2010 g/mol. The Morgan fingerprint density at radius 2 is 0.836 bits per heavy atom. The molecule has 0 unspecified atom stereocenters. The van der Waals surface area contributed by atoms with Crippen LogP contribution in [0.4, 0.5) is 38.5 Å². The predicted octanol–water partition coefficient (Wildman–Crippen LogP) is 25.0. The largest absolute Gasteiger partial charge is 0.481 e. The number of nitro benzene ring substituents is 2. The average molecular weight is 2020 g/mol. The van der Waals surface area contributed by atoms with E-state index in [1.54, 1.807) is 19.1 Å². The standard InChI is InChI=1S/C19H21BrN2.C19H23N3.C13H11N.C10H13BrN2O2.C10H15BrN2.C10H12O4S.C9H10O2.C6H3BrFNO2.C4H11N/c2*1-13(2)12-22-18-9-8-16(20)11-17(18)21-19(22)10-15-6-4-14(3)5-7-15;14-13(11-7-3-1-4-8-11)12-9-5-2-6-10-12;1-7(2)6-12-9-4-3-8(11)5-10(9)13(14)15;1-7(2)6-13-10-4-3-8(11)5-9(10)12;1-2-15(13,14)9-5-3-8(4-6-9)7-10(11)12;1-7-2-4-8(5-3-7)6-9(10)11;7-4-1-2-5(8)6(3-4)9(10)11;1-4(2)3-5/h4-9,11,13H,10,12H2,1-3H3;4-9,11,13H,10,12,20H2,1-3H3;1-10,14H;3-5,7,12H,6H2,1-2H3;3-5,7,13H,6,12H2,1-2H3;3-6H,2,7H2,1H3,(H,11,12);2-5H,6H2,1H3,(H,10,11);1-3H;4H,3,5H2,1-2H3.